The van der Waals surface area contributed by atoms with E-state index in [1.807, 2.05) is 6.07 Å². The molecule has 6 bridgehead atoms. The minimum atomic E-state index is -3.39. The second kappa shape index (κ2) is 2.56. The smallest absolute Gasteiger partial charge is 0.243 e. The van der Waals surface area contributed by atoms with Crippen molar-refractivity contribution in [2.24, 2.45) is 23.7 Å². The highest BCUT2D eigenvalue weighted by atomic mass is 32.2. The molecule has 92 valence electrons. The largest absolute Gasteiger partial charge is 0.299 e. The Bertz CT molecular complexity index is 665. The van der Waals surface area contributed by atoms with E-state index in [4.69, 9.17) is 0 Å². The van der Waals surface area contributed by atoms with Crippen LogP contribution in [0.15, 0.2) is 35.2 Å². The van der Waals surface area contributed by atoms with Crippen molar-refractivity contribution in [2.45, 2.75) is 17.0 Å². The number of hydrogen-bond donors (Lipinski definition) is 0. The third kappa shape index (κ3) is 0.762. The zero-order valence-electron chi connectivity index (χ0n) is 9.43. The van der Waals surface area contributed by atoms with Crippen molar-refractivity contribution in [1.82, 2.24) is 4.31 Å². The van der Waals surface area contributed by atoms with Crippen molar-refractivity contribution >= 4 is 15.8 Å². The highest BCUT2D eigenvalue weighted by Gasteiger charge is 2.89. The predicted octanol–water partition coefficient (Wildman–Crippen LogP) is 0.503. The fraction of sp³-hybridized carbons (Fsp3) is 0.462. The molecule has 2 saturated heterocycles. The summed E-state index contributed by atoms with van der Waals surface area (Å²) in [4.78, 5) is 12.2. The fourth-order valence-corrected chi connectivity index (χ4v) is 6.57. The number of carbonyl (C=O) groups is 1. The van der Waals surface area contributed by atoms with E-state index >= 15 is 0 Å². The molecule has 2 aliphatic heterocycles. The highest BCUT2D eigenvalue weighted by molar-refractivity contribution is 7.89. The number of sulfonamides is 1. The number of rotatable bonds is 2. The maximum Gasteiger partial charge on any atom is 0.243 e. The van der Waals surface area contributed by atoms with Crippen LogP contribution >= 0.6 is 0 Å². The van der Waals surface area contributed by atoms with E-state index in [2.05, 4.69) is 0 Å². The molecule has 4 aliphatic carbocycles. The first-order chi connectivity index (χ1) is 8.64. The van der Waals surface area contributed by atoms with Gasteiger partial charge in [0, 0.05) is 18.0 Å². The molecule has 4 unspecified atom stereocenters. The van der Waals surface area contributed by atoms with Gasteiger partial charge in [-0.3, -0.25) is 4.79 Å². The maximum atomic E-state index is 12.5. The van der Waals surface area contributed by atoms with Gasteiger partial charge in [0.2, 0.25) is 10.0 Å². The summed E-state index contributed by atoms with van der Waals surface area (Å²) in [6.45, 7) is 0. The quantitative estimate of drug-likeness (QED) is 0.779. The van der Waals surface area contributed by atoms with Crippen LogP contribution in [0.3, 0.4) is 0 Å². The second-order valence-electron chi connectivity index (χ2n) is 5.74. The van der Waals surface area contributed by atoms with Crippen LogP contribution in [0.1, 0.15) is 0 Å². The van der Waals surface area contributed by atoms with Gasteiger partial charge in [-0.1, -0.05) is 18.2 Å². The van der Waals surface area contributed by atoms with Gasteiger partial charge >= 0.3 is 0 Å². The Kier molecular flexibility index (Phi) is 1.38. The van der Waals surface area contributed by atoms with E-state index in [9.17, 15) is 13.2 Å². The summed E-state index contributed by atoms with van der Waals surface area (Å²) in [5.74, 6) is 1.28. The molecule has 0 spiro atoms. The van der Waals surface area contributed by atoms with E-state index in [0.717, 1.165) is 0 Å². The van der Waals surface area contributed by atoms with E-state index in [1.165, 1.54) is 0 Å². The first-order valence-electron chi connectivity index (χ1n) is 6.26. The summed E-state index contributed by atoms with van der Waals surface area (Å²) in [5.41, 5.74) is 0. The molecular weight excluding hydrogens is 250 g/mol. The van der Waals surface area contributed by atoms with E-state index in [1.54, 1.807) is 28.6 Å². The van der Waals surface area contributed by atoms with E-state index in [0.29, 0.717) is 22.5 Å². The molecule has 4 nitrogen and oxygen atoms in total. The first kappa shape index (κ1) is 9.69. The van der Waals surface area contributed by atoms with Crippen molar-refractivity contribution in [3.63, 3.8) is 0 Å². The summed E-state index contributed by atoms with van der Waals surface area (Å²) in [5, 5.41) is 0. The zero-order valence-corrected chi connectivity index (χ0v) is 10.2. The van der Waals surface area contributed by atoms with Gasteiger partial charge in [0.15, 0.2) is 0 Å². The van der Waals surface area contributed by atoms with Gasteiger partial charge < -0.3 is 0 Å². The van der Waals surface area contributed by atoms with Gasteiger partial charge in [0.25, 0.3) is 0 Å². The third-order valence-electron chi connectivity index (χ3n) is 5.22. The monoisotopic (exact) mass is 261 g/mol. The molecule has 2 heterocycles. The SMILES string of the molecule is O=C1C2C3C2C2C1C3N2S(=O)(=O)c1ccccc1. The minimum absolute atomic E-state index is 0.0114. The summed E-state index contributed by atoms with van der Waals surface area (Å²) >= 11 is 0. The van der Waals surface area contributed by atoms with Crippen LogP contribution in [0.25, 0.3) is 0 Å². The van der Waals surface area contributed by atoms with Gasteiger partial charge in [0.1, 0.15) is 5.78 Å². The van der Waals surface area contributed by atoms with Gasteiger partial charge in [-0.05, 0) is 24.0 Å². The molecule has 1 aromatic carbocycles. The van der Waals surface area contributed by atoms with Crippen LogP contribution in [-0.4, -0.2) is 30.6 Å². The molecule has 0 N–H and O–H groups in total. The molecule has 6 fully saturated rings. The summed E-state index contributed by atoms with van der Waals surface area (Å²) in [7, 11) is -3.39. The average Bonchev–Trinajstić information content (AvgIpc) is 2.60. The van der Waals surface area contributed by atoms with Crippen molar-refractivity contribution in [1.29, 1.82) is 0 Å². The van der Waals surface area contributed by atoms with Crippen molar-refractivity contribution in [3.8, 4) is 0 Å². The molecule has 1 aromatic rings. The minimum Gasteiger partial charge on any atom is -0.299 e. The number of ketones is 1. The summed E-state index contributed by atoms with van der Waals surface area (Å²) in [6, 6.07) is 8.52. The van der Waals surface area contributed by atoms with Crippen molar-refractivity contribution in [2.75, 3.05) is 0 Å². The summed E-state index contributed by atoms with van der Waals surface area (Å²) < 4.78 is 26.7. The fourth-order valence-electron chi connectivity index (χ4n) is 4.65. The topological polar surface area (TPSA) is 54.5 Å². The Hall–Kier alpha value is -1.20. The molecule has 0 amide bonds. The predicted molar refractivity (Wildman–Crippen MR) is 62.0 cm³/mol. The third-order valence-corrected chi connectivity index (χ3v) is 7.13. The summed E-state index contributed by atoms with van der Waals surface area (Å²) in [6.07, 6.45) is 0. The lowest BCUT2D eigenvalue weighted by atomic mass is 9.93. The molecule has 4 atom stereocenters. The lowest BCUT2D eigenvalue weighted by Crippen LogP contribution is -2.60. The van der Waals surface area contributed by atoms with Crippen LogP contribution in [0.5, 0.6) is 0 Å². The number of Topliss-reactive ketones (excluding diaryl/α,β-unsaturated/α-hetero) is 1. The van der Waals surface area contributed by atoms with E-state index < -0.39 is 10.0 Å². The lowest BCUT2D eigenvalue weighted by molar-refractivity contribution is -0.124. The second-order valence-corrected chi connectivity index (χ2v) is 7.58. The highest BCUT2D eigenvalue weighted by Crippen LogP contribution is 2.78. The molecule has 7 rings (SSSR count). The molecule has 5 heteroatoms. The van der Waals surface area contributed by atoms with Gasteiger partial charge in [-0.2, -0.15) is 4.31 Å². The number of nitrogens with zero attached hydrogens (tertiary/aromatic N) is 1. The van der Waals surface area contributed by atoms with Gasteiger partial charge in [-0.25, -0.2) is 8.42 Å². The zero-order chi connectivity index (χ0) is 12.2. The first-order valence-corrected chi connectivity index (χ1v) is 7.70. The Morgan fingerprint density at radius 3 is 2.06 bits per heavy atom. The Morgan fingerprint density at radius 2 is 1.56 bits per heavy atom. The number of benzene rings is 1. The van der Waals surface area contributed by atoms with Crippen LogP contribution in [-0.2, 0) is 14.8 Å². The van der Waals surface area contributed by atoms with Crippen molar-refractivity contribution in [3.05, 3.63) is 30.3 Å². The molecule has 6 aliphatic rings. The molecule has 4 saturated carbocycles. The average molecular weight is 261 g/mol. The number of carbonyl (C=O) groups excluding carboxylic acids is 1. The van der Waals surface area contributed by atoms with Gasteiger partial charge in [0.05, 0.1) is 10.8 Å². The normalized spacial score (nSPS) is 47.2. The molecule has 18 heavy (non-hydrogen) atoms. The maximum absolute atomic E-state index is 12.5. The Morgan fingerprint density at radius 1 is 0.944 bits per heavy atom. The van der Waals surface area contributed by atoms with Gasteiger partial charge in [-0.15, -0.1) is 0 Å². The molecule has 0 radical (unpaired) electrons. The number of hydrogen-bond acceptors (Lipinski definition) is 3. The Balaban J connectivity index is 1.59. The lowest BCUT2D eigenvalue weighted by Gasteiger charge is -2.44. The van der Waals surface area contributed by atoms with Crippen LogP contribution in [0.2, 0.25) is 0 Å². The van der Waals surface area contributed by atoms with Crippen LogP contribution < -0.4 is 0 Å². The Labute approximate surface area is 105 Å². The van der Waals surface area contributed by atoms with Crippen LogP contribution in [0.4, 0.5) is 0 Å². The molecule has 0 aromatic heterocycles. The van der Waals surface area contributed by atoms with Crippen LogP contribution in [0, 0.1) is 23.7 Å². The number of piperidine rings is 1. The van der Waals surface area contributed by atoms with Crippen molar-refractivity contribution < 1.29 is 13.2 Å². The van der Waals surface area contributed by atoms with E-state index in [-0.39, 0.29) is 23.9 Å². The standard InChI is InChI=1S/C13H11NO3S/c15-13-9-7-8(9)12-10(13)11(7)14(12)18(16,17)6-4-2-1-3-5-6/h1-5,7-12H. The molecular formula is C13H11NO3S.